The molecule has 22 heavy (non-hydrogen) atoms. The minimum absolute atomic E-state index is 0.127. The van der Waals surface area contributed by atoms with Crippen molar-refractivity contribution in [3.63, 3.8) is 0 Å². The predicted molar refractivity (Wildman–Crippen MR) is 89.1 cm³/mol. The number of carbonyl (C=O) groups excluding carboxylic acids is 1. The molecule has 2 N–H and O–H groups in total. The second kappa shape index (κ2) is 7.07. The van der Waals surface area contributed by atoms with Crippen molar-refractivity contribution in [1.29, 1.82) is 0 Å². The van der Waals surface area contributed by atoms with Crippen LogP contribution in [-0.2, 0) is 0 Å². The molecule has 4 nitrogen and oxygen atoms in total. The molecule has 1 aromatic heterocycles. The lowest BCUT2D eigenvalue weighted by Crippen LogP contribution is -2.25. The van der Waals surface area contributed by atoms with Gasteiger partial charge >= 0.3 is 0 Å². The van der Waals surface area contributed by atoms with E-state index < -0.39 is 0 Å². The van der Waals surface area contributed by atoms with Crippen LogP contribution in [0.15, 0.2) is 48.7 Å². The number of pyridine rings is 1. The molecule has 1 saturated carbocycles. The fourth-order valence-corrected chi connectivity index (χ4v) is 2.86. The largest absolute Gasteiger partial charge is 0.367 e. The Kier molecular flexibility index (Phi) is 4.68. The van der Waals surface area contributed by atoms with E-state index in [1.54, 1.807) is 12.3 Å². The zero-order chi connectivity index (χ0) is 15.2. The van der Waals surface area contributed by atoms with E-state index in [1.807, 2.05) is 36.4 Å². The summed E-state index contributed by atoms with van der Waals surface area (Å²) in [6.45, 7) is 0. The highest BCUT2D eigenvalue weighted by atomic mass is 16.1. The van der Waals surface area contributed by atoms with Crippen LogP contribution in [0, 0.1) is 0 Å². The smallest absolute Gasteiger partial charge is 0.259 e. The van der Waals surface area contributed by atoms with Gasteiger partial charge in [-0.25, -0.2) is 4.98 Å². The Hall–Kier alpha value is -2.36. The summed E-state index contributed by atoms with van der Waals surface area (Å²) in [5.41, 5.74) is 1.39. The van der Waals surface area contributed by atoms with Crippen LogP contribution in [0.2, 0.25) is 0 Å². The minimum atomic E-state index is -0.127. The van der Waals surface area contributed by atoms with Gasteiger partial charge in [-0.3, -0.25) is 4.79 Å². The fraction of sp³-hybridized carbons (Fsp3) is 0.333. The van der Waals surface area contributed by atoms with Gasteiger partial charge in [0.15, 0.2) is 0 Å². The first kappa shape index (κ1) is 14.6. The van der Waals surface area contributed by atoms with Gasteiger partial charge in [0.1, 0.15) is 5.82 Å². The van der Waals surface area contributed by atoms with Gasteiger partial charge in [-0.05, 0) is 37.1 Å². The van der Waals surface area contributed by atoms with E-state index in [-0.39, 0.29) is 5.91 Å². The van der Waals surface area contributed by atoms with Crippen LogP contribution in [-0.4, -0.2) is 16.9 Å². The Morgan fingerprint density at radius 1 is 1.00 bits per heavy atom. The molecule has 1 amide bonds. The topological polar surface area (TPSA) is 54.0 Å². The second-order valence-electron chi connectivity index (χ2n) is 5.70. The number of nitrogens with one attached hydrogen (secondary N) is 2. The normalized spacial score (nSPS) is 15.3. The fourth-order valence-electron chi connectivity index (χ4n) is 2.86. The van der Waals surface area contributed by atoms with E-state index in [1.165, 1.54) is 19.3 Å². The van der Waals surface area contributed by atoms with Gasteiger partial charge in [-0.2, -0.15) is 0 Å². The van der Waals surface area contributed by atoms with Gasteiger partial charge in [0, 0.05) is 17.9 Å². The van der Waals surface area contributed by atoms with E-state index in [4.69, 9.17) is 0 Å². The molecule has 2 aromatic rings. The lowest BCUT2D eigenvalue weighted by Gasteiger charge is -2.24. The molecule has 0 bridgehead atoms. The molecule has 1 aromatic carbocycles. The molecular formula is C18H21N3O. The van der Waals surface area contributed by atoms with Gasteiger partial charge in [-0.1, -0.05) is 37.5 Å². The van der Waals surface area contributed by atoms with Gasteiger partial charge in [0.25, 0.3) is 5.91 Å². The quantitative estimate of drug-likeness (QED) is 0.893. The van der Waals surface area contributed by atoms with Gasteiger partial charge < -0.3 is 10.6 Å². The van der Waals surface area contributed by atoms with E-state index in [0.717, 1.165) is 18.5 Å². The summed E-state index contributed by atoms with van der Waals surface area (Å²) in [7, 11) is 0. The average molecular weight is 295 g/mol. The molecule has 0 saturated heterocycles. The number of hydrogen-bond acceptors (Lipinski definition) is 3. The molecule has 0 atom stereocenters. The number of aromatic nitrogens is 1. The second-order valence-corrected chi connectivity index (χ2v) is 5.70. The van der Waals surface area contributed by atoms with Crippen molar-refractivity contribution in [2.75, 3.05) is 10.6 Å². The molecule has 1 aliphatic rings. The van der Waals surface area contributed by atoms with Gasteiger partial charge in [0.05, 0.1) is 5.56 Å². The Morgan fingerprint density at radius 2 is 1.77 bits per heavy atom. The third-order valence-corrected chi connectivity index (χ3v) is 4.03. The molecule has 0 radical (unpaired) electrons. The molecule has 4 heteroatoms. The van der Waals surface area contributed by atoms with Crippen LogP contribution in [0.3, 0.4) is 0 Å². The first-order chi connectivity index (χ1) is 10.8. The summed E-state index contributed by atoms with van der Waals surface area (Å²) in [6, 6.07) is 13.5. The standard InChI is InChI=1S/C18H21N3O/c22-18(21-15-10-5-2-6-11-15)16-12-7-13-19-17(16)20-14-8-3-1-4-9-14/h2,5-7,10-14H,1,3-4,8-9H2,(H,19,20)(H,21,22). The lowest BCUT2D eigenvalue weighted by atomic mass is 9.95. The molecule has 1 fully saturated rings. The maximum absolute atomic E-state index is 12.5. The number of anilines is 2. The Bertz CT molecular complexity index is 621. The first-order valence-electron chi connectivity index (χ1n) is 7.91. The number of carbonyl (C=O) groups is 1. The molecular weight excluding hydrogens is 274 g/mol. The highest BCUT2D eigenvalue weighted by Crippen LogP contribution is 2.23. The predicted octanol–water partition coefficient (Wildman–Crippen LogP) is 4.08. The van der Waals surface area contributed by atoms with Crippen molar-refractivity contribution in [2.45, 2.75) is 38.1 Å². The Morgan fingerprint density at radius 3 is 2.55 bits per heavy atom. The summed E-state index contributed by atoms with van der Waals surface area (Å²) in [5, 5.41) is 6.36. The monoisotopic (exact) mass is 295 g/mol. The van der Waals surface area contributed by atoms with Crippen molar-refractivity contribution >= 4 is 17.4 Å². The van der Waals surface area contributed by atoms with E-state index >= 15 is 0 Å². The highest BCUT2D eigenvalue weighted by molar-refractivity contribution is 6.07. The summed E-state index contributed by atoms with van der Waals surface area (Å²) >= 11 is 0. The molecule has 1 aliphatic carbocycles. The third kappa shape index (κ3) is 3.64. The highest BCUT2D eigenvalue weighted by Gasteiger charge is 2.18. The van der Waals surface area contributed by atoms with E-state index in [9.17, 15) is 4.79 Å². The number of rotatable bonds is 4. The van der Waals surface area contributed by atoms with Crippen molar-refractivity contribution in [1.82, 2.24) is 4.98 Å². The number of para-hydroxylation sites is 1. The molecule has 3 rings (SSSR count). The number of amides is 1. The Balaban J connectivity index is 1.74. The van der Waals surface area contributed by atoms with Crippen molar-refractivity contribution in [3.05, 3.63) is 54.2 Å². The summed E-state index contributed by atoms with van der Waals surface area (Å²) < 4.78 is 0. The minimum Gasteiger partial charge on any atom is -0.367 e. The number of benzene rings is 1. The number of nitrogens with zero attached hydrogens (tertiary/aromatic N) is 1. The van der Waals surface area contributed by atoms with Gasteiger partial charge in [0.2, 0.25) is 0 Å². The van der Waals surface area contributed by atoms with Gasteiger partial charge in [-0.15, -0.1) is 0 Å². The zero-order valence-corrected chi connectivity index (χ0v) is 12.6. The van der Waals surface area contributed by atoms with Crippen LogP contribution in [0.1, 0.15) is 42.5 Å². The maximum Gasteiger partial charge on any atom is 0.259 e. The van der Waals surface area contributed by atoms with Crippen LogP contribution in [0.5, 0.6) is 0 Å². The first-order valence-corrected chi connectivity index (χ1v) is 7.91. The molecule has 0 unspecified atom stereocenters. The zero-order valence-electron chi connectivity index (χ0n) is 12.6. The molecule has 0 spiro atoms. The SMILES string of the molecule is O=C(Nc1ccccc1)c1cccnc1NC1CCCCC1. The summed E-state index contributed by atoms with van der Waals surface area (Å²) in [5.74, 6) is 0.556. The van der Waals surface area contributed by atoms with Crippen molar-refractivity contribution in [3.8, 4) is 0 Å². The Labute approximate surface area is 131 Å². The van der Waals surface area contributed by atoms with Crippen LogP contribution >= 0.6 is 0 Å². The van der Waals surface area contributed by atoms with Crippen molar-refractivity contribution in [2.24, 2.45) is 0 Å². The lowest BCUT2D eigenvalue weighted by molar-refractivity contribution is 0.102. The van der Waals surface area contributed by atoms with Crippen molar-refractivity contribution < 1.29 is 4.79 Å². The maximum atomic E-state index is 12.5. The van der Waals surface area contributed by atoms with Crippen LogP contribution < -0.4 is 10.6 Å². The van der Waals surface area contributed by atoms with Crippen LogP contribution in [0.25, 0.3) is 0 Å². The average Bonchev–Trinajstić information content (AvgIpc) is 2.57. The molecule has 0 aliphatic heterocycles. The number of hydrogen-bond donors (Lipinski definition) is 2. The van der Waals surface area contributed by atoms with Crippen LogP contribution in [0.4, 0.5) is 11.5 Å². The van der Waals surface area contributed by atoms with E-state index in [2.05, 4.69) is 15.6 Å². The van der Waals surface area contributed by atoms with E-state index in [0.29, 0.717) is 17.4 Å². The third-order valence-electron chi connectivity index (χ3n) is 4.03. The summed E-state index contributed by atoms with van der Waals surface area (Å²) in [4.78, 5) is 16.8. The molecule has 1 heterocycles. The molecule has 114 valence electrons. The summed E-state index contributed by atoms with van der Waals surface area (Å²) in [6.07, 6.45) is 7.82.